The molecule has 0 radical (unpaired) electrons. The number of aryl methyl sites for hydroxylation is 1. The molecular weight excluding hydrogens is 260 g/mol. The Morgan fingerprint density at radius 1 is 1.45 bits per heavy atom. The molecule has 1 atom stereocenters. The van der Waals surface area contributed by atoms with Crippen LogP contribution in [0.5, 0.6) is 0 Å². The minimum absolute atomic E-state index is 0.0588. The highest BCUT2D eigenvalue weighted by Crippen LogP contribution is 2.33. The standard InChI is InChI=1S/C14H14N2O4/c1-3-9(14(17)18)10-4-5-13(16(19)20)12-7-15-8(2)6-11(10)12/h4-7,9H,3H2,1-2H3,(H,17,18). The van der Waals surface area contributed by atoms with Gasteiger partial charge in [-0.2, -0.15) is 0 Å². The third-order valence-electron chi connectivity index (χ3n) is 3.33. The van der Waals surface area contributed by atoms with Crippen LogP contribution in [0.3, 0.4) is 0 Å². The molecule has 2 rings (SSSR count). The summed E-state index contributed by atoms with van der Waals surface area (Å²) in [5, 5.41) is 21.3. The normalized spacial score (nSPS) is 12.3. The third-order valence-corrected chi connectivity index (χ3v) is 3.33. The van der Waals surface area contributed by atoms with Gasteiger partial charge in [0.2, 0.25) is 0 Å². The monoisotopic (exact) mass is 274 g/mol. The van der Waals surface area contributed by atoms with Gasteiger partial charge in [0.05, 0.1) is 16.2 Å². The fourth-order valence-electron chi connectivity index (χ4n) is 2.34. The molecule has 6 nitrogen and oxygen atoms in total. The Kier molecular flexibility index (Phi) is 3.65. The highest BCUT2D eigenvalue weighted by Gasteiger charge is 2.23. The first-order valence-corrected chi connectivity index (χ1v) is 6.22. The van der Waals surface area contributed by atoms with Crippen LogP contribution in [0.2, 0.25) is 0 Å². The number of aromatic nitrogens is 1. The van der Waals surface area contributed by atoms with Gasteiger partial charge in [0.25, 0.3) is 5.69 Å². The molecule has 0 amide bonds. The molecule has 0 saturated heterocycles. The molecule has 1 N–H and O–H groups in total. The van der Waals surface area contributed by atoms with Gasteiger partial charge < -0.3 is 5.11 Å². The van der Waals surface area contributed by atoms with Gasteiger partial charge in [-0.15, -0.1) is 0 Å². The molecule has 0 aliphatic rings. The van der Waals surface area contributed by atoms with E-state index in [0.29, 0.717) is 28.5 Å². The van der Waals surface area contributed by atoms with Crippen LogP contribution in [0.1, 0.15) is 30.5 Å². The maximum Gasteiger partial charge on any atom is 0.310 e. The molecular formula is C14H14N2O4. The van der Waals surface area contributed by atoms with Gasteiger partial charge >= 0.3 is 5.97 Å². The van der Waals surface area contributed by atoms with E-state index >= 15 is 0 Å². The number of nitro benzene ring substituents is 1. The smallest absolute Gasteiger partial charge is 0.310 e. The lowest BCUT2D eigenvalue weighted by molar-refractivity contribution is -0.383. The number of nitrogens with zero attached hydrogens (tertiary/aromatic N) is 2. The van der Waals surface area contributed by atoms with Crippen LogP contribution in [0.4, 0.5) is 5.69 Å². The molecule has 0 fully saturated rings. The fourth-order valence-corrected chi connectivity index (χ4v) is 2.34. The quantitative estimate of drug-likeness (QED) is 0.683. The van der Waals surface area contributed by atoms with Crippen molar-refractivity contribution in [1.29, 1.82) is 0 Å². The van der Waals surface area contributed by atoms with Gasteiger partial charge in [-0.25, -0.2) is 0 Å². The molecule has 104 valence electrons. The van der Waals surface area contributed by atoms with Crippen LogP contribution in [-0.2, 0) is 4.79 Å². The zero-order chi connectivity index (χ0) is 14.9. The van der Waals surface area contributed by atoms with E-state index < -0.39 is 16.8 Å². The first-order valence-electron chi connectivity index (χ1n) is 6.22. The summed E-state index contributed by atoms with van der Waals surface area (Å²) in [6.45, 7) is 3.55. The van der Waals surface area contributed by atoms with E-state index in [-0.39, 0.29) is 5.69 Å². The summed E-state index contributed by atoms with van der Waals surface area (Å²) in [5.41, 5.74) is 1.22. The number of carboxylic acid groups (broad SMARTS) is 1. The van der Waals surface area contributed by atoms with Crippen molar-refractivity contribution >= 4 is 22.4 Å². The first-order chi connectivity index (χ1) is 9.45. The van der Waals surface area contributed by atoms with Crippen LogP contribution in [-0.4, -0.2) is 21.0 Å². The maximum atomic E-state index is 11.3. The minimum atomic E-state index is -0.933. The van der Waals surface area contributed by atoms with E-state index in [4.69, 9.17) is 0 Å². The fraction of sp³-hybridized carbons (Fsp3) is 0.286. The van der Waals surface area contributed by atoms with Crippen LogP contribution in [0.25, 0.3) is 10.8 Å². The Bertz CT molecular complexity index is 697. The number of hydrogen-bond acceptors (Lipinski definition) is 4. The number of rotatable bonds is 4. The Hall–Kier alpha value is -2.50. The minimum Gasteiger partial charge on any atom is -0.481 e. The van der Waals surface area contributed by atoms with Gasteiger partial charge in [0.15, 0.2) is 0 Å². The number of aliphatic carboxylic acids is 1. The lowest BCUT2D eigenvalue weighted by atomic mass is 9.91. The third kappa shape index (κ3) is 2.32. The number of carboxylic acids is 1. The second kappa shape index (κ2) is 5.24. The molecule has 1 unspecified atom stereocenters. The molecule has 1 aromatic carbocycles. The lowest BCUT2D eigenvalue weighted by Crippen LogP contribution is -2.11. The second-order valence-corrected chi connectivity index (χ2v) is 4.60. The van der Waals surface area contributed by atoms with Crippen LogP contribution in [0, 0.1) is 17.0 Å². The molecule has 1 aromatic heterocycles. The van der Waals surface area contributed by atoms with E-state index in [1.54, 1.807) is 19.9 Å². The topological polar surface area (TPSA) is 93.3 Å². The van der Waals surface area contributed by atoms with Crippen molar-refractivity contribution in [3.8, 4) is 0 Å². The summed E-state index contributed by atoms with van der Waals surface area (Å²) < 4.78 is 0. The highest BCUT2D eigenvalue weighted by molar-refractivity contribution is 5.96. The van der Waals surface area contributed by atoms with E-state index in [9.17, 15) is 20.0 Å². The molecule has 0 bridgehead atoms. The van der Waals surface area contributed by atoms with Crippen molar-refractivity contribution in [3.05, 3.63) is 45.8 Å². The molecule has 0 aliphatic heterocycles. The summed E-state index contributed by atoms with van der Waals surface area (Å²) in [6, 6.07) is 4.58. The molecule has 1 heterocycles. The zero-order valence-corrected chi connectivity index (χ0v) is 11.2. The summed E-state index contributed by atoms with van der Waals surface area (Å²) in [7, 11) is 0. The Balaban J connectivity index is 2.80. The zero-order valence-electron chi connectivity index (χ0n) is 11.2. The molecule has 0 aliphatic carbocycles. The van der Waals surface area contributed by atoms with Crippen molar-refractivity contribution in [2.45, 2.75) is 26.2 Å². The van der Waals surface area contributed by atoms with Crippen LogP contribution < -0.4 is 0 Å². The van der Waals surface area contributed by atoms with Crippen molar-refractivity contribution in [2.75, 3.05) is 0 Å². The predicted molar refractivity (Wildman–Crippen MR) is 73.8 cm³/mol. The van der Waals surface area contributed by atoms with Crippen molar-refractivity contribution in [1.82, 2.24) is 4.98 Å². The van der Waals surface area contributed by atoms with E-state index in [0.717, 1.165) is 0 Å². The van der Waals surface area contributed by atoms with Gasteiger partial charge in [-0.3, -0.25) is 19.9 Å². The SMILES string of the molecule is CCC(C(=O)O)c1ccc([N+](=O)[O-])c2cnc(C)cc12. The summed E-state index contributed by atoms with van der Waals surface area (Å²) >= 11 is 0. The van der Waals surface area contributed by atoms with Crippen molar-refractivity contribution in [2.24, 2.45) is 0 Å². The molecule has 0 spiro atoms. The largest absolute Gasteiger partial charge is 0.481 e. The lowest BCUT2D eigenvalue weighted by Gasteiger charge is -2.13. The Morgan fingerprint density at radius 3 is 2.70 bits per heavy atom. The molecule has 20 heavy (non-hydrogen) atoms. The van der Waals surface area contributed by atoms with E-state index in [1.165, 1.54) is 18.3 Å². The average molecular weight is 274 g/mol. The van der Waals surface area contributed by atoms with Gasteiger partial charge in [-0.05, 0) is 30.4 Å². The van der Waals surface area contributed by atoms with Gasteiger partial charge in [-0.1, -0.05) is 13.0 Å². The summed E-state index contributed by atoms with van der Waals surface area (Å²) in [6.07, 6.45) is 1.85. The number of hydrogen-bond donors (Lipinski definition) is 1. The highest BCUT2D eigenvalue weighted by atomic mass is 16.6. The van der Waals surface area contributed by atoms with Crippen LogP contribution in [0.15, 0.2) is 24.4 Å². The number of carbonyl (C=O) groups is 1. The first kappa shape index (κ1) is 13.9. The Morgan fingerprint density at radius 2 is 2.15 bits per heavy atom. The number of nitro groups is 1. The summed E-state index contributed by atoms with van der Waals surface area (Å²) in [4.78, 5) is 26.0. The second-order valence-electron chi connectivity index (χ2n) is 4.60. The van der Waals surface area contributed by atoms with E-state index in [2.05, 4.69) is 4.98 Å². The molecule has 2 aromatic rings. The average Bonchev–Trinajstić information content (AvgIpc) is 2.38. The Labute approximate surface area is 115 Å². The maximum absolute atomic E-state index is 11.3. The number of fused-ring (bicyclic) bond motifs is 1. The van der Waals surface area contributed by atoms with Gasteiger partial charge in [0.1, 0.15) is 0 Å². The molecule has 0 saturated carbocycles. The van der Waals surface area contributed by atoms with Crippen LogP contribution >= 0.6 is 0 Å². The predicted octanol–water partition coefficient (Wildman–Crippen LogP) is 3.03. The van der Waals surface area contributed by atoms with Crippen molar-refractivity contribution in [3.63, 3.8) is 0 Å². The summed E-state index contributed by atoms with van der Waals surface area (Å²) in [5.74, 6) is -1.61. The number of pyridine rings is 1. The van der Waals surface area contributed by atoms with Crippen molar-refractivity contribution < 1.29 is 14.8 Å². The molecule has 6 heteroatoms. The van der Waals surface area contributed by atoms with E-state index in [1.807, 2.05) is 0 Å². The number of non-ortho nitro benzene ring substituents is 1. The van der Waals surface area contributed by atoms with Gasteiger partial charge in [0, 0.05) is 18.0 Å². The number of benzene rings is 1.